The second-order valence-corrected chi connectivity index (χ2v) is 6.89. The van der Waals surface area contributed by atoms with E-state index in [-0.39, 0.29) is 18.4 Å². The van der Waals surface area contributed by atoms with E-state index < -0.39 is 0 Å². The molecule has 2 amide bonds. The molecule has 3 rings (SSSR count). The Bertz CT molecular complexity index is 837. The molecule has 0 bridgehead atoms. The van der Waals surface area contributed by atoms with Gasteiger partial charge in [-0.05, 0) is 35.6 Å². The molecule has 6 heteroatoms. The highest BCUT2D eigenvalue weighted by molar-refractivity contribution is 8.03. The summed E-state index contributed by atoms with van der Waals surface area (Å²) in [6.45, 7) is 1.81. The van der Waals surface area contributed by atoms with Gasteiger partial charge in [-0.15, -0.1) is 11.8 Å². The molecule has 1 aliphatic rings. The molecule has 0 aliphatic carbocycles. The average molecular weight is 373 g/mol. The van der Waals surface area contributed by atoms with Crippen molar-refractivity contribution in [2.45, 2.75) is 6.92 Å². The Kier molecular flexibility index (Phi) is 5.46. The number of amides is 2. The Labute approximate surface area is 155 Å². The van der Waals surface area contributed by atoms with Crippen LogP contribution in [-0.4, -0.2) is 29.0 Å². The van der Waals surface area contributed by atoms with Crippen LogP contribution in [0.4, 0.5) is 5.69 Å². The molecule has 1 N–H and O–H groups in total. The summed E-state index contributed by atoms with van der Waals surface area (Å²) in [5.74, 6) is -0.00319. The summed E-state index contributed by atoms with van der Waals surface area (Å²) in [6.07, 6.45) is 0. The smallest absolute Gasteiger partial charge is 0.244 e. The Morgan fingerprint density at radius 3 is 2.72 bits per heavy atom. The summed E-state index contributed by atoms with van der Waals surface area (Å²) in [4.78, 5) is 26.4. The van der Waals surface area contributed by atoms with E-state index in [9.17, 15) is 9.59 Å². The average Bonchev–Trinajstić information content (AvgIpc) is 2.61. The monoisotopic (exact) mass is 372 g/mol. The number of benzene rings is 2. The van der Waals surface area contributed by atoms with Crippen LogP contribution in [0.5, 0.6) is 0 Å². The fraction of sp³-hybridized carbons (Fsp3) is 0.158. The first-order valence-electron chi connectivity index (χ1n) is 7.79. The van der Waals surface area contributed by atoms with Crippen molar-refractivity contribution in [1.29, 1.82) is 0 Å². The zero-order valence-electron chi connectivity index (χ0n) is 13.7. The highest BCUT2D eigenvalue weighted by Crippen LogP contribution is 2.28. The van der Waals surface area contributed by atoms with Crippen LogP contribution in [0.15, 0.2) is 53.9 Å². The molecule has 0 saturated heterocycles. The van der Waals surface area contributed by atoms with Gasteiger partial charge in [0, 0.05) is 10.7 Å². The standard InChI is InChI=1S/C19H17ClN2O2S/c1-13-15(20)8-5-9-16(13)21-18(23)10-22-17(11-25-12-19(22)24)14-6-3-2-4-7-14/h2-9,11H,10,12H2,1H3,(H,21,23). The molecule has 25 heavy (non-hydrogen) atoms. The molecule has 0 aromatic heterocycles. The molecule has 0 unspecified atom stereocenters. The maximum absolute atomic E-state index is 12.5. The molecular formula is C19H17ClN2O2S. The van der Waals surface area contributed by atoms with Gasteiger partial charge in [-0.25, -0.2) is 0 Å². The number of rotatable bonds is 4. The zero-order chi connectivity index (χ0) is 17.8. The summed E-state index contributed by atoms with van der Waals surface area (Å²) in [7, 11) is 0. The van der Waals surface area contributed by atoms with Gasteiger partial charge in [0.2, 0.25) is 11.8 Å². The van der Waals surface area contributed by atoms with Gasteiger partial charge in [0.1, 0.15) is 6.54 Å². The SMILES string of the molecule is Cc1c(Cl)cccc1NC(=O)CN1C(=O)CSC=C1c1ccccc1. The molecule has 2 aromatic rings. The second kappa shape index (κ2) is 7.76. The van der Waals surface area contributed by atoms with E-state index in [4.69, 9.17) is 11.6 Å². The lowest BCUT2D eigenvalue weighted by atomic mass is 10.1. The molecule has 2 aromatic carbocycles. The van der Waals surface area contributed by atoms with Gasteiger partial charge in [-0.2, -0.15) is 0 Å². The van der Waals surface area contributed by atoms with Crippen molar-refractivity contribution in [2.75, 3.05) is 17.6 Å². The normalized spacial score (nSPS) is 14.2. The van der Waals surface area contributed by atoms with Gasteiger partial charge in [0.15, 0.2) is 0 Å². The van der Waals surface area contributed by atoms with Crippen molar-refractivity contribution in [2.24, 2.45) is 0 Å². The van der Waals surface area contributed by atoms with Crippen molar-refractivity contribution in [3.63, 3.8) is 0 Å². The molecule has 1 aliphatic heterocycles. The Balaban J connectivity index is 1.78. The predicted octanol–water partition coefficient (Wildman–Crippen LogP) is 4.16. The number of anilines is 1. The van der Waals surface area contributed by atoms with Crippen molar-refractivity contribution in [1.82, 2.24) is 4.90 Å². The van der Waals surface area contributed by atoms with E-state index in [2.05, 4.69) is 5.32 Å². The Morgan fingerprint density at radius 1 is 1.20 bits per heavy atom. The van der Waals surface area contributed by atoms with Crippen molar-refractivity contribution >= 4 is 46.6 Å². The van der Waals surface area contributed by atoms with Crippen LogP contribution in [0, 0.1) is 6.92 Å². The number of carbonyl (C=O) groups excluding carboxylic acids is 2. The summed E-state index contributed by atoms with van der Waals surface area (Å²) < 4.78 is 0. The topological polar surface area (TPSA) is 49.4 Å². The number of nitrogens with zero attached hydrogens (tertiary/aromatic N) is 1. The second-order valence-electron chi connectivity index (χ2n) is 5.62. The third kappa shape index (κ3) is 4.06. The number of hydrogen-bond acceptors (Lipinski definition) is 3. The lowest BCUT2D eigenvalue weighted by Crippen LogP contribution is -2.39. The third-order valence-corrected chi connectivity index (χ3v) is 5.12. The molecule has 0 atom stereocenters. The fourth-order valence-electron chi connectivity index (χ4n) is 2.55. The van der Waals surface area contributed by atoms with E-state index in [1.807, 2.05) is 42.7 Å². The summed E-state index contributed by atoms with van der Waals surface area (Å²) in [5, 5.41) is 5.36. The lowest BCUT2D eigenvalue weighted by Gasteiger charge is -2.28. The molecule has 0 radical (unpaired) electrons. The predicted molar refractivity (Wildman–Crippen MR) is 103 cm³/mol. The van der Waals surface area contributed by atoms with E-state index in [0.29, 0.717) is 16.5 Å². The van der Waals surface area contributed by atoms with Crippen LogP contribution in [0.2, 0.25) is 5.02 Å². The number of carbonyl (C=O) groups is 2. The zero-order valence-corrected chi connectivity index (χ0v) is 15.2. The molecule has 0 spiro atoms. The van der Waals surface area contributed by atoms with E-state index in [0.717, 1.165) is 16.8 Å². The van der Waals surface area contributed by atoms with Gasteiger partial charge < -0.3 is 10.2 Å². The van der Waals surface area contributed by atoms with E-state index >= 15 is 0 Å². The maximum Gasteiger partial charge on any atom is 0.244 e. The first-order chi connectivity index (χ1) is 12.1. The molecule has 0 saturated carbocycles. The summed E-state index contributed by atoms with van der Waals surface area (Å²) in [6, 6.07) is 14.9. The Morgan fingerprint density at radius 2 is 1.96 bits per heavy atom. The van der Waals surface area contributed by atoms with E-state index in [1.54, 1.807) is 18.2 Å². The highest BCUT2D eigenvalue weighted by atomic mass is 35.5. The van der Waals surface area contributed by atoms with Crippen LogP contribution in [0.1, 0.15) is 11.1 Å². The van der Waals surface area contributed by atoms with Crippen molar-refractivity contribution in [3.8, 4) is 0 Å². The van der Waals surface area contributed by atoms with Gasteiger partial charge >= 0.3 is 0 Å². The van der Waals surface area contributed by atoms with Crippen LogP contribution in [-0.2, 0) is 9.59 Å². The summed E-state index contributed by atoms with van der Waals surface area (Å²) >= 11 is 7.53. The number of hydrogen-bond donors (Lipinski definition) is 1. The Hall–Kier alpha value is -2.24. The van der Waals surface area contributed by atoms with Gasteiger partial charge in [0.05, 0.1) is 11.4 Å². The molecule has 0 fully saturated rings. The van der Waals surface area contributed by atoms with Crippen LogP contribution in [0.3, 0.4) is 0 Å². The number of halogens is 1. The van der Waals surface area contributed by atoms with Crippen LogP contribution >= 0.6 is 23.4 Å². The minimum Gasteiger partial charge on any atom is -0.324 e. The maximum atomic E-state index is 12.5. The van der Waals surface area contributed by atoms with Crippen molar-refractivity contribution < 1.29 is 9.59 Å². The quantitative estimate of drug-likeness (QED) is 0.876. The van der Waals surface area contributed by atoms with Gasteiger partial charge in [0.25, 0.3) is 0 Å². The van der Waals surface area contributed by atoms with Gasteiger partial charge in [-0.1, -0.05) is 48.0 Å². The van der Waals surface area contributed by atoms with Crippen molar-refractivity contribution in [3.05, 3.63) is 70.1 Å². The minimum absolute atomic E-state index is 0.0356. The third-order valence-electron chi connectivity index (χ3n) is 3.91. The highest BCUT2D eigenvalue weighted by Gasteiger charge is 2.25. The van der Waals surface area contributed by atoms with Gasteiger partial charge in [-0.3, -0.25) is 9.59 Å². The van der Waals surface area contributed by atoms with Crippen LogP contribution < -0.4 is 5.32 Å². The first kappa shape index (κ1) is 17.6. The van der Waals surface area contributed by atoms with E-state index in [1.165, 1.54) is 16.7 Å². The van der Waals surface area contributed by atoms with Crippen LogP contribution in [0.25, 0.3) is 5.70 Å². The fourth-order valence-corrected chi connectivity index (χ4v) is 3.53. The lowest BCUT2D eigenvalue weighted by molar-refractivity contribution is -0.129. The molecular weight excluding hydrogens is 356 g/mol. The first-order valence-corrected chi connectivity index (χ1v) is 9.21. The molecule has 4 nitrogen and oxygen atoms in total. The summed E-state index contributed by atoms with van der Waals surface area (Å²) in [5.41, 5.74) is 3.12. The molecule has 1 heterocycles. The number of nitrogens with one attached hydrogen (secondary N) is 1. The largest absolute Gasteiger partial charge is 0.324 e. The molecule has 128 valence electrons. The minimum atomic E-state index is -0.257. The number of thioether (sulfide) groups is 1.